The maximum Gasteiger partial charge on any atom is 0.238 e. The highest BCUT2D eigenvalue weighted by Crippen LogP contribution is 2.20. The third kappa shape index (κ3) is 2.38. The molecule has 0 aliphatic heterocycles. The van der Waals surface area contributed by atoms with Crippen molar-refractivity contribution in [1.82, 2.24) is 14.8 Å². The molecule has 2 aromatic rings. The number of pyridine rings is 1. The summed E-state index contributed by atoms with van der Waals surface area (Å²) in [7, 11) is 1.85. The Morgan fingerprint density at radius 3 is 3.00 bits per heavy atom. The summed E-state index contributed by atoms with van der Waals surface area (Å²) in [6, 6.07) is 1.90. The number of aryl methyl sites for hydroxylation is 2. The smallest absolute Gasteiger partial charge is 0.238 e. The Balaban J connectivity index is 2.30. The lowest BCUT2D eigenvalue weighted by Gasteiger charge is -2.08. The monoisotopic (exact) mass is 310 g/mol. The molecule has 2 rings (SSSR count). The molecule has 0 aliphatic rings. The summed E-state index contributed by atoms with van der Waals surface area (Å²) in [5.74, 6) is -0.0554. The summed E-state index contributed by atoms with van der Waals surface area (Å²) in [4.78, 5) is 15.9. The number of nitrogens with one attached hydrogen (secondary N) is 1. The fourth-order valence-electron chi connectivity index (χ4n) is 1.78. The van der Waals surface area contributed by atoms with Crippen molar-refractivity contribution in [2.75, 3.05) is 5.32 Å². The van der Waals surface area contributed by atoms with Crippen LogP contribution in [0.5, 0.6) is 0 Å². The average molecular weight is 311 g/mol. The van der Waals surface area contributed by atoms with E-state index in [1.165, 1.54) is 0 Å². The molecule has 18 heavy (non-hydrogen) atoms. The molecule has 0 fully saturated rings. The summed E-state index contributed by atoms with van der Waals surface area (Å²) in [6.07, 6.45) is 2.39. The van der Waals surface area contributed by atoms with Gasteiger partial charge in [0.1, 0.15) is 0 Å². The fraction of sp³-hybridized carbons (Fsp3) is 0.417. The Hall–Kier alpha value is -1.43. The van der Waals surface area contributed by atoms with Gasteiger partial charge < -0.3 is 5.32 Å². The van der Waals surface area contributed by atoms with Crippen molar-refractivity contribution in [3.05, 3.63) is 18.0 Å². The minimum atomic E-state index is -0.178. The van der Waals surface area contributed by atoms with Crippen LogP contribution >= 0.6 is 15.9 Å². The minimum absolute atomic E-state index is 0.0554. The second-order valence-electron chi connectivity index (χ2n) is 4.17. The lowest BCUT2D eigenvalue weighted by atomic mass is 10.2. The molecule has 0 saturated carbocycles. The molecule has 0 saturated heterocycles. The summed E-state index contributed by atoms with van der Waals surface area (Å²) >= 11 is 3.32. The molecule has 0 bridgehead atoms. The number of alkyl halides is 1. The number of hydrogen-bond donors (Lipinski definition) is 1. The molecule has 0 aliphatic carbocycles. The van der Waals surface area contributed by atoms with Gasteiger partial charge in [-0.15, -0.1) is 0 Å². The zero-order valence-electron chi connectivity index (χ0n) is 10.6. The van der Waals surface area contributed by atoms with Crippen LogP contribution < -0.4 is 5.32 Å². The van der Waals surface area contributed by atoms with Crippen LogP contribution in [-0.2, 0) is 11.8 Å². The van der Waals surface area contributed by atoms with E-state index < -0.39 is 0 Å². The van der Waals surface area contributed by atoms with Crippen molar-refractivity contribution in [3.63, 3.8) is 0 Å². The quantitative estimate of drug-likeness (QED) is 0.886. The van der Waals surface area contributed by atoms with E-state index in [9.17, 15) is 4.79 Å². The second kappa shape index (κ2) is 5.06. The Bertz CT molecular complexity index is 593. The van der Waals surface area contributed by atoms with E-state index in [1.807, 2.05) is 27.0 Å². The van der Waals surface area contributed by atoms with Crippen LogP contribution in [0.15, 0.2) is 12.3 Å². The fourth-order valence-corrected chi connectivity index (χ4v) is 1.90. The second-order valence-corrected chi connectivity index (χ2v) is 5.27. The van der Waals surface area contributed by atoms with Gasteiger partial charge in [0.2, 0.25) is 5.91 Å². The topological polar surface area (TPSA) is 59.8 Å². The standard InChI is InChI=1S/C12H15BrN4O/c1-4-10(13)12(18)15-8-5-9-7(2)16-17(3)11(9)14-6-8/h5-6,10H,4H2,1-3H3,(H,15,18). The minimum Gasteiger partial charge on any atom is -0.324 e. The molecule has 0 aromatic carbocycles. The van der Waals surface area contributed by atoms with Crippen molar-refractivity contribution >= 4 is 38.6 Å². The summed E-state index contributed by atoms with van der Waals surface area (Å²) in [5.41, 5.74) is 2.42. The van der Waals surface area contributed by atoms with Gasteiger partial charge in [-0.1, -0.05) is 22.9 Å². The first-order valence-electron chi connectivity index (χ1n) is 5.77. The number of hydrogen-bond acceptors (Lipinski definition) is 3. The first kappa shape index (κ1) is 13.0. The lowest BCUT2D eigenvalue weighted by molar-refractivity contribution is -0.115. The normalized spacial score (nSPS) is 12.7. The maximum atomic E-state index is 11.8. The largest absolute Gasteiger partial charge is 0.324 e. The SMILES string of the molecule is CCC(Br)C(=O)Nc1cnc2c(c1)c(C)nn2C. The number of carbonyl (C=O) groups excluding carboxylic acids is 1. The van der Waals surface area contributed by atoms with Crippen molar-refractivity contribution in [2.45, 2.75) is 25.1 Å². The number of fused-ring (bicyclic) bond motifs is 1. The van der Waals surface area contributed by atoms with Gasteiger partial charge in [-0.25, -0.2) is 4.98 Å². The van der Waals surface area contributed by atoms with Gasteiger partial charge in [0.15, 0.2) is 5.65 Å². The van der Waals surface area contributed by atoms with Gasteiger partial charge in [-0.3, -0.25) is 9.48 Å². The van der Waals surface area contributed by atoms with E-state index in [0.29, 0.717) is 5.69 Å². The van der Waals surface area contributed by atoms with Crippen LogP contribution in [0, 0.1) is 6.92 Å². The molecule has 0 radical (unpaired) electrons. The van der Waals surface area contributed by atoms with Crippen molar-refractivity contribution < 1.29 is 4.79 Å². The van der Waals surface area contributed by atoms with Gasteiger partial charge in [0.05, 0.1) is 22.4 Å². The highest BCUT2D eigenvalue weighted by Gasteiger charge is 2.13. The number of amides is 1. The molecule has 6 heteroatoms. The summed E-state index contributed by atoms with van der Waals surface area (Å²) in [5, 5.41) is 8.09. The van der Waals surface area contributed by atoms with Crippen LogP contribution in [0.2, 0.25) is 0 Å². The molecule has 1 N–H and O–H groups in total. The van der Waals surface area contributed by atoms with Crippen molar-refractivity contribution in [3.8, 4) is 0 Å². The zero-order chi connectivity index (χ0) is 13.3. The van der Waals surface area contributed by atoms with Crippen LogP contribution in [-0.4, -0.2) is 25.5 Å². The Morgan fingerprint density at radius 1 is 1.61 bits per heavy atom. The van der Waals surface area contributed by atoms with Crippen molar-refractivity contribution in [1.29, 1.82) is 0 Å². The number of anilines is 1. The third-order valence-electron chi connectivity index (χ3n) is 2.77. The maximum absolute atomic E-state index is 11.8. The van der Waals surface area contributed by atoms with Gasteiger partial charge in [0.25, 0.3) is 0 Å². The molecule has 5 nitrogen and oxygen atoms in total. The van der Waals surface area contributed by atoms with Gasteiger partial charge in [-0.2, -0.15) is 5.10 Å². The molecule has 96 valence electrons. The molecule has 1 unspecified atom stereocenters. The van der Waals surface area contributed by atoms with Gasteiger partial charge in [-0.05, 0) is 19.4 Å². The highest BCUT2D eigenvalue weighted by molar-refractivity contribution is 9.10. The molecule has 1 amide bonds. The van der Waals surface area contributed by atoms with Crippen LogP contribution in [0.4, 0.5) is 5.69 Å². The van der Waals surface area contributed by atoms with E-state index in [1.54, 1.807) is 10.9 Å². The number of aromatic nitrogens is 3. The predicted octanol–water partition coefficient (Wildman–Crippen LogP) is 2.39. The summed E-state index contributed by atoms with van der Waals surface area (Å²) < 4.78 is 1.73. The number of halogens is 1. The number of nitrogens with zero attached hydrogens (tertiary/aromatic N) is 3. The van der Waals surface area contributed by atoms with Crippen molar-refractivity contribution in [2.24, 2.45) is 7.05 Å². The van der Waals surface area contributed by atoms with E-state index in [4.69, 9.17) is 0 Å². The Kier molecular flexibility index (Phi) is 3.65. The van der Waals surface area contributed by atoms with Crippen LogP contribution in [0.3, 0.4) is 0 Å². The molecule has 1 atom stereocenters. The van der Waals surface area contributed by atoms with Crippen LogP contribution in [0.1, 0.15) is 19.0 Å². The molecular weight excluding hydrogens is 296 g/mol. The molecule has 2 aromatic heterocycles. The van der Waals surface area contributed by atoms with Crippen LogP contribution in [0.25, 0.3) is 11.0 Å². The first-order valence-corrected chi connectivity index (χ1v) is 6.68. The van der Waals surface area contributed by atoms with E-state index >= 15 is 0 Å². The molecule has 0 spiro atoms. The van der Waals surface area contributed by atoms with E-state index in [-0.39, 0.29) is 10.7 Å². The van der Waals surface area contributed by atoms with E-state index in [2.05, 4.69) is 31.3 Å². The predicted molar refractivity (Wildman–Crippen MR) is 74.9 cm³/mol. The Morgan fingerprint density at radius 2 is 2.33 bits per heavy atom. The Labute approximate surface area is 114 Å². The van der Waals surface area contributed by atoms with E-state index in [0.717, 1.165) is 23.1 Å². The number of rotatable bonds is 3. The van der Waals surface area contributed by atoms with Gasteiger partial charge in [0, 0.05) is 12.4 Å². The number of carbonyl (C=O) groups is 1. The molecule has 2 heterocycles. The third-order valence-corrected chi connectivity index (χ3v) is 3.84. The highest BCUT2D eigenvalue weighted by atomic mass is 79.9. The summed E-state index contributed by atoms with van der Waals surface area (Å²) in [6.45, 7) is 3.88. The molecular formula is C12H15BrN4O. The average Bonchev–Trinajstić information content (AvgIpc) is 2.63. The van der Waals surface area contributed by atoms with Gasteiger partial charge >= 0.3 is 0 Å². The first-order chi connectivity index (χ1) is 8.52. The lowest BCUT2D eigenvalue weighted by Crippen LogP contribution is -2.22. The zero-order valence-corrected chi connectivity index (χ0v) is 12.2.